The van der Waals surface area contributed by atoms with E-state index in [0.29, 0.717) is 18.6 Å². The van der Waals surface area contributed by atoms with E-state index in [0.717, 1.165) is 0 Å². The molecule has 2 aromatic rings. The van der Waals surface area contributed by atoms with E-state index in [9.17, 15) is 15.0 Å². The molecule has 128 valence electrons. The third kappa shape index (κ3) is 3.72. The fraction of sp³-hybridized carbons (Fsp3) is 0.438. The van der Waals surface area contributed by atoms with Crippen LogP contribution in [0.15, 0.2) is 41.3 Å². The molecule has 0 radical (unpaired) electrons. The normalized spacial score (nSPS) is 26.2. The highest BCUT2D eigenvalue weighted by atomic mass is 16.5. The maximum absolute atomic E-state index is 12.0. The molecular weight excluding hydrogens is 314 g/mol. The largest absolute Gasteiger partial charge is 0.491 e. The highest BCUT2D eigenvalue weighted by Crippen LogP contribution is 2.38. The number of aliphatic hydroxyl groups excluding tert-OH is 2. The van der Waals surface area contributed by atoms with Gasteiger partial charge in [-0.15, -0.1) is 0 Å². The number of hydrogen-bond donors (Lipinski definition) is 3. The van der Waals surface area contributed by atoms with Gasteiger partial charge < -0.3 is 24.8 Å². The molecule has 2 aromatic heterocycles. The molecule has 0 bridgehead atoms. The van der Waals surface area contributed by atoms with Gasteiger partial charge in [-0.2, -0.15) is 0 Å². The number of aliphatic hydroxyl groups is 2. The van der Waals surface area contributed by atoms with E-state index < -0.39 is 23.5 Å². The number of nitrogens with zero attached hydrogens (tertiary/aromatic N) is 2. The Morgan fingerprint density at radius 2 is 2.12 bits per heavy atom. The molecule has 3 N–H and O–H groups in total. The molecule has 2 heterocycles. The van der Waals surface area contributed by atoms with Gasteiger partial charge in [0.25, 0.3) is 5.91 Å². The first kappa shape index (κ1) is 16.4. The van der Waals surface area contributed by atoms with Gasteiger partial charge in [-0.05, 0) is 25.0 Å². The Balaban J connectivity index is 1.65. The Labute approximate surface area is 138 Å². The summed E-state index contributed by atoms with van der Waals surface area (Å²) in [6, 6.07) is 4.99. The van der Waals surface area contributed by atoms with Crippen LogP contribution in [0, 0.1) is 5.41 Å². The first-order chi connectivity index (χ1) is 11.6. The van der Waals surface area contributed by atoms with Gasteiger partial charge in [0.05, 0.1) is 31.2 Å². The smallest absolute Gasteiger partial charge is 0.289 e. The maximum Gasteiger partial charge on any atom is 0.289 e. The topological polar surface area (TPSA) is 118 Å². The van der Waals surface area contributed by atoms with Crippen molar-refractivity contribution >= 4 is 5.91 Å². The van der Waals surface area contributed by atoms with Crippen molar-refractivity contribution in [1.29, 1.82) is 0 Å². The van der Waals surface area contributed by atoms with Crippen molar-refractivity contribution in [2.24, 2.45) is 5.41 Å². The number of rotatable bonds is 6. The number of hydrogen-bond acceptors (Lipinski definition) is 7. The first-order valence-electron chi connectivity index (χ1n) is 7.66. The number of amides is 1. The lowest BCUT2D eigenvalue weighted by atomic mass is 9.86. The molecule has 1 unspecified atom stereocenters. The lowest BCUT2D eigenvalue weighted by molar-refractivity contribution is 0.0438. The highest BCUT2D eigenvalue weighted by Gasteiger charge is 2.45. The molecule has 0 saturated heterocycles. The van der Waals surface area contributed by atoms with Crippen molar-refractivity contribution in [2.75, 3.05) is 13.2 Å². The van der Waals surface area contributed by atoms with Crippen molar-refractivity contribution in [2.45, 2.75) is 25.0 Å². The molecular formula is C16H19N3O5. The second-order valence-electron chi connectivity index (χ2n) is 6.08. The molecule has 8 nitrogen and oxygen atoms in total. The zero-order valence-corrected chi connectivity index (χ0v) is 13.0. The summed E-state index contributed by atoms with van der Waals surface area (Å²) in [5, 5.41) is 26.1. The Hall–Kier alpha value is -2.45. The lowest BCUT2D eigenvalue weighted by Crippen LogP contribution is -2.40. The minimum absolute atomic E-state index is 0.109. The van der Waals surface area contributed by atoms with E-state index in [2.05, 4.69) is 15.5 Å². The quantitative estimate of drug-likeness (QED) is 0.699. The molecule has 0 aromatic carbocycles. The molecule has 1 saturated carbocycles. The predicted octanol–water partition coefficient (Wildman–Crippen LogP) is 0.380. The van der Waals surface area contributed by atoms with Crippen LogP contribution in [0.25, 0.3) is 0 Å². The average Bonchev–Trinajstić information content (AvgIpc) is 3.22. The minimum Gasteiger partial charge on any atom is -0.491 e. The van der Waals surface area contributed by atoms with E-state index in [4.69, 9.17) is 9.26 Å². The molecule has 3 rings (SSSR count). The highest BCUT2D eigenvalue weighted by molar-refractivity contribution is 5.91. The molecule has 1 amide bonds. The van der Waals surface area contributed by atoms with E-state index >= 15 is 0 Å². The van der Waals surface area contributed by atoms with Gasteiger partial charge in [-0.1, -0.05) is 5.16 Å². The van der Waals surface area contributed by atoms with Crippen molar-refractivity contribution in [3.05, 3.63) is 42.5 Å². The molecule has 3 atom stereocenters. The summed E-state index contributed by atoms with van der Waals surface area (Å²) in [6.07, 6.45) is 3.58. The number of carbonyl (C=O) groups is 1. The number of ether oxygens (including phenoxy) is 1. The summed E-state index contributed by atoms with van der Waals surface area (Å²) < 4.78 is 10.6. The van der Waals surface area contributed by atoms with Crippen LogP contribution in [0.4, 0.5) is 0 Å². The van der Waals surface area contributed by atoms with Crippen LogP contribution in [0.1, 0.15) is 23.4 Å². The third-order valence-corrected chi connectivity index (χ3v) is 4.19. The van der Waals surface area contributed by atoms with Crippen LogP contribution in [0.2, 0.25) is 0 Å². The fourth-order valence-corrected chi connectivity index (χ4v) is 2.91. The van der Waals surface area contributed by atoms with Gasteiger partial charge in [-0.25, -0.2) is 0 Å². The summed E-state index contributed by atoms with van der Waals surface area (Å²) in [6.45, 7) is 0.477. The zero-order chi connectivity index (χ0) is 17.0. The summed E-state index contributed by atoms with van der Waals surface area (Å²) in [7, 11) is 0. The third-order valence-electron chi connectivity index (χ3n) is 4.19. The van der Waals surface area contributed by atoms with E-state index in [-0.39, 0.29) is 18.9 Å². The van der Waals surface area contributed by atoms with Gasteiger partial charge in [0.1, 0.15) is 5.75 Å². The van der Waals surface area contributed by atoms with E-state index in [1.54, 1.807) is 24.5 Å². The van der Waals surface area contributed by atoms with Crippen molar-refractivity contribution in [3.63, 3.8) is 0 Å². The Kier molecular flexibility index (Phi) is 4.77. The van der Waals surface area contributed by atoms with Crippen LogP contribution < -0.4 is 10.1 Å². The van der Waals surface area contributed by atoms with Crippen LogP contribution >= 0.6 is 0 Å². The second kappa shape index (κ2) is 6.98. The lowest BCUT2D eigenvalue weighted by Gasteiger charge is -2.29. The van der Waals surface area contributed by atoms with Crippen LogP contribution in [0.5, 0.6) is 5.75 Å². The Morgan fingerprint density at radius 3 is 2.75 bits per heavy atom. The summed E-state index contributed by atoms with van der Waals surface area (Å²) >= 11 is 0. The summed E-state index contributed by atoms with van der Waals surface area (Å²) in [5.74, 6) is 0.302. The second-order valence-corrected chi connectivity index (χ2v) is 6.08. The molecule has 1 aliphatic carbocycles. The SMILES string of the molecule is O=C(NCC1(COc2cccnc2)C[C@@H](O)[C@@H](O)C1)c1ccno1. The Morgan fingerprint density at radius 1 is 1.33 bits per heavy atom. The predicted molar refractivity (Wildman–Crippen MR) is 82.2 cm³/mol. The number of pyridine rings is 1. The van der Waals surface area contributed by atoms with Gasteiger partial charge in [0.15, 0.2) is 0 Å². The average molecular weight is 333 g/mol. The monoisotopic (exact) mass is 333 g/mol. The van der Waals surface area contributed by atoms with Crippen molar-refractivity contribution in [3.8, 4) is 5.75 Å². The van der Waals surface area contributed by atoms with E-state index in [1.165, 1.54) is 12.3 Å². The van der Waals surface area contributed by atoms with Crippen LogP contribution in [-0.4, -0.2) is 51.6 Å². The minimum atomic E-state index is -0.843. The summed E-state index contributed by atoms with van der Waals surface area (Å²) in [4.78, 5) is 16.0. The molecule has 0 spiro atoms. The van der Waals surface area contributed by atoms with Crippen LogP contribution in [-0.2, 0) is 0 Å². The van der Waals surface area contributed by atoms with E-state index in [1.807, 2.05) is 0 Å². The molecule has 1 fully saturated rings. The molecule has 24 heavy (non-hydrogen) atoms. The number of aromatic nitrogens is 2. The summed E-state index contributed by atoms with van der Waals surface area (Å²) in [5.41, 5.74) is -0.579. The van der Waals surface area contributed by atoms with Crippen molar-refractivity contribution in [1.82, 2.24) is 15.5 Å². The van der Waals surface area contributed by atoms with Crippen LogP contribution in [0.3, 0.4) is 0 Å². The first-order valence-corrected chi connectivity index (χ1v) is 7.66. The number of nitrogens with one attached hydrogen (secondary N) is 1. The fourth-order valence-electron chi connectivity index (χ4n) is 2.91. The van der Waals surface area contributed by atoms with Crippen molar-refractivity contribution < 1.29 is 24.3 Å². The zero-order valence-electron chi connectivity index (χ0n) is 13.0. The standard InChI is InChI=1S/C16H19N3O5/c20-12-6-16(7-13(12)21,10-23-11-2-1-4-17-8-11)9-18-15(22)14-3-5-19-24-14/h1-5,8,12-13,20-21H,6-7,9-10H2,(H,18,22)/t12-,13+,16?. The number of carbonyl (C=O) groups excluding carboxylic acids is 1. The maximum atomic E-state index is 12.0. The Bertz CT molecular complexity index is 652. The van der Waals surface area contributed by atoms with Gasteiger partial charge in [-0.3, -0.25) is 9.78 Å². The van der Waals surface area contributed by atoms with Gasteiger partial charge in [0.2, 0.25) is 5.76 Å². The molecule has 0 aliphatic heterocycles. The van der Waals surface area contributed by atoms with Gasteiger partial charge in [0, 0.05) is 24.2 Å². The molecule has 8 heteroatoms. The van der Waals surface area contributed by atoms with Gasteiger partial charge >= 0.3 is 0 Å². The molecule has 1 aliphatic rings.